The molecule has 17 heavy (non-hydrogen) atoms. The van der Waals surface area contributed by atoms with Crippen molar-refractivity contribution in [1.29, 1.82) is 0 Å². The first-order chi connectivity index (χ1) is 7.94. The molecule has 0 aliphatic heterocycles. The van der Waals surface area contributed by atoms with Gasteiger partial charge in [-0.15, -0.1) is 0 Å². The van der Waals surface area contributed by atoms with Gasteiger partial charge in [-0.05, 0) is 31.6 Å². The standard InChI is InChI=1S/C13H20ClN3/c1-9-15-11(14)7-12(16-9)17-10-5-4-6-13(2,3)8-10/h7,10H,4-6,8H2,1-3H3,(H,15,16,17). The van der Waals surface area contributed by atoms with Gasteiger partial charge in [0, 0.05) is 12.1 Å². The molecule has 1 aliphatic carbocycles. The lowest BCUT2D eigenvalue weighted by atomic mass is 9.75. The quantitative estimate of drug-likeness (QED) is 0.815. The van der Waals surface area contributed by atoms with Crippen molar-refractivity contribution < 1.29 is 0 Å². The maximum Gasteiger partial charge on any atom is 0.134 e. The van der Waals surface area contributed by atoms with Crippen molar-refractivity contribution in [1.82, 2.24) is 9.97 Å². The minimum Gasteiger partial charge on any atom is -0.367 e. The van der Waals surface area contributed by atoms with Crippen molar-refractivity contribution in [3.63, 3.8) is 0 Å². The average Bonchev–Trinajstić information content (AvgIpc) is 2.13. The predicted octanol–water partition coefficient (Wildman–Crippen LogP) is 3.82. The fraction of sp³-hybridized carbons (Fsp3) is 0.692. The van der Waals surface area contributed by atoms with Gasteiger partial charge in [-0.25, -0.2) is 9.97 Å². The molecule has 3 nitrogen and oxygen atoms in total. The number of nitrogens with one attached hydrogen (secondary N) is 1. The fourth-order valence-corrected chi connectivity index (χ4v) is 2.86. The van der Waals surface area contributed by atoms with Crippen molar-refractivity contribution in [3.05, 3.63) is 17.0 Å². The summed E-state index contributed by atoms with van der Waals surface area (Å²) in [6.07, 6.45) is 5.00. The lowest BCUT2D eigenvalue weighted by molar-refractivity contribution is 0.229. The van der Waals surface area contributed by atoms with Gasteiger partial charge in [-0.1, -0.05) is 31.9 Å². The zero-order valence-corrected chi connectivity index (χ0v) is 11.5. The van der Waals surface area contributed by atoms with E-state index in [4.69, 9.17) is 11.6 Å². The van der Waals surface area contributed by atoms with Crippen LogP contribution in [0.2, 0.25) is 5.15 Å². The second-order valence-electron chi connectivity index (χ2n) is 5.72. The van der Waals surface area contributed by atoms with Crippen molar-refractivity contribution in [2.24, 2.45) is 5.41 Å². The Kier molecular flexibility index (Phi) is 3.57. The Labute approximate surface area is 108 Å². The second-order valence-corrected chi connectivity index (χ2v) is 6.11. The van der Waals surface area contributed by atoms with Crippen LogP contribution in [0.15, 0.2) is 6.07 Å². The third-order valence-corrected chi connectivity index (χ3v) is 3.56. The van der Waals surface area contributed by atoms with Gasteiger partial charge in [-0.3, -0.25) is 0 Å². The molecule has 1 N–H and O–H groups in total. The maximum atomic E-state index is 5.93. The summed E-state index contributed by atoms with van der Waals surface area (Å²) in [6.45, 7) is 6.53. The van der Waals surface area contributed by atoms with Crippen LogP contribution < -0.4 is 5.32 Å². The van der Waals surface area contributed by atoms with Crippen LogP contribution >= 0.6 is 11.6 Å². The molecule has 94 valence electrons. The summed E-state index contributed by atoms with van der Waals surface area (Å²) in [5, 5.41) is 3.99. The van der Waals surface area contributed by atoms with Gasteiger partial charge in [0.15, 0.2) is 0 Å². The Morgan fingerprint density at radius 2 is 2.18 bits per heavy atom. The highest BCUT2D eigenvalue weighted by atomic mass is 35.5. The Balaban J connectivity index is 2.05. The summed E-state index contributed by atoms with van der Waals surface area (Å²) in [5.74, 6) is 1.57. The summed E-state index contributed by atoms with van der Waals surface area (Å²) in [4.78, 5) is 8.44. The molecule has 1 aliphatic rings. The predicted molar refractivity (Wildman–Crippen MR) is 71.4 cm³/mol. The molecule has 1 heterocycles. The van der Waals surface area contributed by atoms with Gasteiger partial charge in [0.2, 0.25) is 0 Å². The van der Waals surface area contributed by atoms with Crippen molar-refractivity contribution in [3.8, 4) is 0 Å². The summed E-state index contributed by atoms with van der Waals surface area (Å²) < 4.78 is 0. The van der Waals surface area contributed by atoms with Gasteiger partial charge >= 0.3 is 0 Å². The van der Waals surface area contributed by atoms with Crippen LogP contribution in [0.5, 0.6) is 0 Å². The van der Waals surface area contributed by atoms with Crippen molar-refractivity contribution in [2.75, 3.05) is 5.32 Å². The SMILES string of the molecule is Cc1nc(Cl)cc(NC2CCCC(C)(C)C2)n1. The summed E-state index contributed by atoms with van der Waals surface area (Å²) in [5.41, 5.74) is 0.432. The Morgan fingerprint density at radius 3 is 2.82 bits per heavy atom. The van der Waals surface area contributed by atoms with E-state index in [1.165, 1.54) is 25.7 Å². The van der Waals surface area contributed by atoms with E-state index in [2.05, 4.69) is 29.1 Å². The molecular weight excluding hydrogens is 234 g/mol. The number of halogens is 1. The molecule has 1 unspecified atom stereocenters. The maximum absolute atomic E-state index is 5.93. The van der Waals surface area contributed by atoms with E-state index >= 15 is 0 Å². The molecule has 1 saturated carbocycles. The highest BCUT2D eigenvalue weighted by molar-refractivity contribution is 6.29. The normalized spacial score (nSPS) is 23.4. The van der Waals surface area contributed by atoms with E-state index in [0.29, 0.717) is 16.6 Å². The van der Waals surface area contributed by atoms with Gasteiger partial charge in [-0.2, -0.15) is 0 Å². The van der Waals surface area contributed by atoms with E-state index in [-0.39, 0.29) is 0 Å². The first-order valence-corrected chi connectivity index (χ1v) is 6.60. The molecule has 1 aromatic rings. The summed E-state index contributed by atoms with van der Waals surface area (Å²) in [7, 11) is 0. The Hall–Kier alpha value is -0.830. The van der Waals surface area contributed by atoms with Crippen molar-refractivity contribution >= 4 is 17.4 Å². The largest absolute Gasteiger partial charge is 0.367 e. The minimum atomic E-state index is 0.432. The molecule has 1 aromatic heterocycles. The number of nitrogens with zero attached hydrogens (tertiary/aromatic N) is 2. The summed E-state index contributed by atoms with van der Waals surface area (Å²) in [6, 6.07) is 2.31. The van der Waals surface area contributed by atoms with Crippen LogP contribution in [-0.4, -0.2) is 16.0 Å². The Morgan fingerprint density at radius 1 is 1.41 bits per heavy atom. The number of aryl methyl sites for hydroxylation is 1. The number of hydrogen-bond donors (Lipinski definition) is 1. The van der Waals surface area contributed by atoms with Crippen LogP contribution in [0.4, 0.5) is 5.82 Å². The van der Waals surface area contributed by atoms with E-state index in [0.717, 1.165) is 11.6 Å². The first kappa shape index (κ1) is 12.6. The van der Waals surface area contributed by atoms with Crippen LogP contribution in [0.3, 0.4) is 0 Å². The van der Waals surface area contributed by atoms with E-state index in [9.17, 15) is 0 Å². The molecule has 0 bridgehead atoms. The molecule has 1 atom stereocenters. The molecule has 2 rings (SSSR count). The minimum absolute atomic E-state index is 0.432. The zero-order valence-electron chi connectivity index (χ0n) is 10.8. The van der Waals surface area contributed by atoms with E-state index in [1.807, 2.05) is 6.92 Å². The monoisotopic (exact) mass is 253 g/mol. The molecular formula is C13H20ClN3. The number of hydrogen-bond acceptors (Lipinski definition) is 3. The summed E-state index contributed by atoms with van der Waals surface area (Å²) >= 11 is 5.93. The van der Waals surface area contributed by atoms with Gasteiger partial charge in [0.1, 0.15) is 16.8 Å². The third kappa shape index (κ3) is 3.56. The topological polar surface area (TPSA) is 37.8 Å². The van der Waals surface area contributed by atoms with Gasteiger partial charge in [0.25, 0.3) is 0 Å². The molecule has 0 aromatic carbocycles. The molecule has 0 radical (unpaired) electrons. The van der Waals surface area contributed by atoms with Crippen LogP contribution in [0.25, 0.3) is 0 Å². The molecule has 1 fully saturated rings. The van der Waals surface area contributed by atoms with Crippen LogP contribution in [0, 0.1) is 12.3 Å². The number of anilines is 1. The van der Waals surface area contributed by atoms with Crippen LogP contribution in [-0.2, 0) is 0 Å². The smallest absolute Gasteiger partial charge is 0.134 e. The van der Waals surface area contributed by atoms with Gasteiger partial charge in [0.05, 0.1) is 0 Å². The third-order valence-electron chi connectivity index (χ3n) is 3.36. The molecule has 0 amide bonds. The Bertz CT molecular complexity index is 383. The first-order valence-electron chi connectivity index (χ1n) is 6.22. The lowest BCUT2D eigenvalue weighted by Gasteiger charge is -2.35. The van der Waals surface area contributed by atoms with Gasteiger partial charge < -0.3 is 5.32 Å². The van der Waals surface area contributed by atoms with Crippen LogP contribution in [0.1, 0.15) is 45.4 Å². The zero-order chi connectivity index (χ0) is 12.5. The second kappa shape index (κ2) is 4.81. The lowest BCUT2D eigenvalue weighted by Crippen LogP contribution is -2.32. The average molecular weight is 254 g/mol. The molecule has 0 saturated heterocycles. The fourth-order valence-electron chi connectivity index (χ4n) is 2.64. The highest BCUT2D eigenvalue weighted by Gasteiger charge is 2.27. The van der Waals surface area contributed by atoms with Crippen molar-refractivity contribution in [2.45, 2.75) is 52.5 Å². The number of rotatable bonds is 2. The highest BCUT2D eigenvalue weighted by Crippen LogP contribution is 2.36. The van der Waals surface area contributed by atoms with E-state index < -0.39 is 0 Å². The number of aromatic nitrogens is 2. The van der Waals surface area contributed by atoms with E-state index in [1.54, 1.807) is 6.07 Å². The molecule has 0 spiro atoms. The molecule has 4 heteroatoms.